The van der Waals surface area contributed by atoms with Gasteiger partial charge >= 0.3 is 0 Å². The van der Waals surface area contributed by atoms with Crippen LogP contribution in [0.1, 0.15) is 34.7 Å². The fraction of sp³-hybridized carbons (Fsp3) is 0.300. The highest BCUT2D eigenvalue weighted by molar-refractivity contribution is 7.98. The smallest absolute Gasteiger partial charge is 0.269 e. The molecule has 1 amide bonds. The van der Waals surface area contributed by atoms with Crippen LogP contribution >= 0.6 is 11.8 Å². The van der Waals surface area contributed by atoms with E-state index in [1.807, 2.05) is 37.3 Å². The lowest BCUT2D eigenvalue weighted by Crippen LogP contribution is -2.32. The Labute approximate surface area is 172 Å². The molecule has 9 heteroatoms. The van der Waals surface area contributed by atoms with Crippen molar-refractivity contribution in [2.45, 2.75) is 30.4 Å². The number of nitro groups is 1. The molecule has 152 valence electrons. The predicted molar refractivity (Wildman–Crippen MR) is 110 cm³/mol. The molecule has 0 aliphatic heterocycles. The minimum atomic E-state index is -0.353. The number of benzene rings is 1. The average Bonchev–Trinajstić information content (AvgIpc) is 3.15. The highest BCUT2D eigenvalue weighted by Crippen LogP contribution is 2.26. The molecule has 0 bridgehead atoms. The summed E-state index contributed by atoms with van der Waals surface area (Å²) in [6, 6.07) is 9.23. The van der Waals surface area contributed by atoms with Crippen LogP contribution in [0.15, 0.2) is 63.3 Å². The molecule has 1 aromatic heterocycles. The summed E-state index contributed by atoms with van der Waals surface area (Å²) >= 11 is 1.51. The average molecular weight is 414 g/mol. The summed E-state index contributed by atoms with van der Waals surface area (Å²) in [5, 5.41) is 20.8. The van der Waals surface area contributed by atoms with Crippen LogP contribution in [-0.4, -0.2) is 29.1 Å². The SMILES string of the molecule is Cc1cc(CSc2ccccc2C(=O)NCCNC2=C([N+](=O)[O-])CCC=C2)on1. The van der Waals surface area contributed by atoms with Gasteiger partial charge in [0.1, 0.15) is 11.5 Å². The number of nitrogens with one attached hydrogen (secondary N) is 2. The maximum Gasteiger partial charge on any atom is 0.269 e. The van der Waals surface area contributed by atoms with Crippen molar-refractivity contribution in [3.8, 4) is 0 Å². The molecule has 0 fully saturated rings. The number of amides is 1. The van der Waals surface area contributed by atoms with Crippen molar-refractivity contribution in [2.75, 3.05) is 13.1 Å². The van der Waals surface area contributed by atoms with Gasteiger partial charge in [0.25, 0.3) is 11.6 Å². The molecule has 29 heavy (non-hydrogen) atoms. The summed E-state index contributed by atoms with van der Waals surface area (Å²) in [5.41, 5.74) is 2.09. The highest BCUT2D eigenvalue weighted by atomic mass is 32.2. The fourth-order valence-electron chi connectivity index (χ4n) is 2.88. The molecule has 8 nitrogen and oxygen atoms in total. The normalized spacial score (nSPS) is 13.4. The molecule has 3 rings (SSSR count). The Morgan fingerprint density at radius 3 is 2.93 bits per heavy atom. The van der Waals surface area contributed by atoms with E-state index in [1.54, 1.807) is 12.1 Å². The third-order valence-electron chi connectivity index (χ3n) is 4.27. The summed E-state index contributed by atoms with van der Waals surface area (Å²) in [5.74, 6) is 1.14. The van der Waals surface area contributed by atoms with E-state index in [9.17, 15) is 14.9 Å². The Balaban J connectivity index is 1.53. The van der Waals surface area contributed by atoms with Gasteiger partial charge in [-0.05, 0) is 31.6 Å². The maximum atomic E-state index is 12.6. The number of allylic oxidation sites excluding steroid dienone is 3. The van der Waals surface area contributed by atoms with Crippen molar-refractivity contribution in [2.24, 2.45) is 0 Å². The van der Waals surface area contributed by atoms with Gasteiger partial charge < -0.3 is 15.2 Å². The van der Waals surface area contributed by atoms with Crippen molar-refractivity contribution in [1.82, 2.24) is 15.8 Å². The molecule has 0 atom stereocenters. The third-order valence-corrected chi connectivity index (χ3v) is 5.36. The molecule has 2 aromatic rings. The second-order valence-corrected chi connectivity index (χ2v) is 7.48. The van der Waals surface area contributed by atoms with Gasteiger partial charge in [0.2, 0.25) is 0 Å². The molecule has 0 spiro atoms. The first-order valence-corrected chi connectivity index (χ1v) is 10.2. The first-order chi connectivity index (χ1) is 14.0. The molecule has 1 aliphatic carbocycles. The summed E-state index contributed by atoms with van der Waals surface area (Å²) < 4.78 is 5.21. The maximum absolute atomic E-state index is 12.6. The number of nitrogens with zero attached hydrogens (tertiary/aromatic N) is 2. The predicted octanol–water partition coefficient (Wildman–Crippen LogP) is 3.43. The van der Waals surface area contributed by atoms with Gasteiger partial charge in [0.05, 0.1) is 21.9 Å². The molecular weight excluding hydrogens is 392 g/mol. The van der Waals surface area contributed by atoms with Gasteiger partial charge in [-0.2, -0.15) is 0 Å². The molecule has 1 aromatic carbocycles. The van der Waals surface area contributed by atoms with E-state index >= 15 is 0 Å². The summed E-state index contributed by atoms with van der Waals surface area (Å²) in [4.78, 5) is 24.2. The van der Waals surface area contributed by atoms with Crippen molar-refractivity contribution >= 4 is 17.7 Å². The minimum Gasteiger partial charge on any atom is -0.378 e. The number of aromatic nitrogens is 1. The zero-order chi connectivity index (χ0) is 20.6. The Morgan fingerprint density at radius 1 is 1.34 bits per heavy atom. The number of carbonyl (C=O) groups excluding carboxylic acids is 1. The van der Waals surface area contributed by atoms with Gasteiger partial charge in [-0.3, -0.25) is 14.9 Å². The number of rotatable bonds is 9. The van der Waals surface area contributed by atoms with Gasteiger partial charge in [-0.25, -0.2) is 0 Å². The van der Waals surface area contributed by atoms with Crippen molar-refractivity contribution < 1.29 is 14.2 Å². The van der Waals surface area contributed by atoms with Crippen LogP contribution in [0, 0.1) is 17.0 Å². The van der Waals surface area contributed by atoms with E-state index in [0.29, 0.717) is 42.9 Å². The second kappa shape index (κ2) is 9.92. The number of aryl methyl sites for hydroxylation is 1. The van der Waals surface area contributed by atoms with E-state index in [2.05, 4.69) is 15.8 Å². The van der Waals surface area contributed by atoms with Crippen LogP contribution in [0.4, 0.5) is 0 Å². The molecule has 0 saturated carbocycles. The Bertz CT molecular complexity index is 951. The number of thioether (sulfide) groups is 1. The van der Waals surface area contributed by atoms with Crippen LogP contribution in [0.5, 0.6) is 0 Å². The zero-order valence-corrected chi connectivity index (χ0v) is 16.8. The summed E-state index contributed by atoms with van der Waals surface area (Å²) in [7, 11) is 0. The molecule has 0 radical (unpaired) electrons. The minimum absolute atomic E-state index is 0.184. The van der Waals surface area contributed by atoms with Crippen LogP contribution in [0.2, 0.25) is 0 Å². The lowest BCUT2D eigenvalue weighted by atomic mass is 10.1. The van der Waals surface area contributed by atoms with Crippen LogP contribution < -0.4 is 10.6 Å². The lowest BCUT2D eigenvalue weighted by Gasteiger charge is -2.13. The number of hydrogen-bond acceptors (Lipinski definition) is 7. The van der Waals surface area contributed by atoms with Crippen molar-refractivity contribution in [1.29, 1.82) is 0 Å². The van der Waals surface area contributed by atoms with E-state index in [-0.39, 0.29) is 16.5 Å². The summed E-state index contributed by atoms with van der Waals surface area (Å²) in [6.45, 7) is 2.61. The fourth-order valence-corrected chi connectivity index (χ4v) is 3.81. The van der Waals surface area contributed by atoms with Gasteiger partial charge in [-0.15, -0.1) is 11.8 Å². The second-order valence-electron chi connectivity index (χ2n) is 6.46. The Morgan fingerprint density at radius 2 is 2.17 bits per heavy atom. The Hall–Kier alpha value is -3.07. The van der Waals surface area contributed by atoms with Crippen LogP contribution in [0.25, 0.3) is 0 Å². The van der Waals surface area contributed by atoms with E-state index in [1.165, 1.54) is 11.8 Å². The number of carbonyl (C=O) groups is 1. The number of hydrogen-bond donors (Lipinski definition) is 2. The Kier molecular flexibility index (Phi) is 7.07. The largest absolute Gasteiger partial charge is 0.378 e. The molecule has 2 N–H and O–H groups in total. The topological polar surface area (TPSA) is 110 Å². The van der Waals surface area contributed by atoms with Crippen molar-refractivity contribution in [3.05, 3.63) is 81.0 Å². The van der Waals surface area contributed by atoms with Gasteiger partial charge in [0.15, 0.2) is 0 Å². The quantitative estimate of drug-likeness (QED) is 0.280. The lowest BCUT2D eigenvalue weighted by molar-refractivity contribution is -0.429. The first-order valence-electron chi connectivity index (χ1n) is 9.25. The first kappa shape index (κ1) is 20.7. The standard InChI is InChI=1S/C20H22N4O4S/c1-14-12-15(28-23-14)13-29-19-9-5-2-6-16(19)20(25)22-11-10-21-17-7-3-4-8-18(17)24(26)27/h2-3,5-7,9,12,21H,4,8,10-11,13H2,1H3,(H,22,25). The van der Waals surface area contributed by atoms with E-state index in [4.69, 9.17) is 4.52 Å². The van der Waals surface area contributed by atoms with Crippen LogP contribution in [-0.2, 0) is 5.75 Å². The molecule has 0 unspecified atom stereocenters. The molecule has 1 heterocycles. The third kappa shape index (κ3) is 5.71. The molecule has 0 saturated heterocycles. The molecular formula is C20H22N4O4S. The summed E-state index contributed by atoms with van der Waals surface area (Å²) in [6.07, 6.45) is 4.70. The van der Waals surface area contributed by atoms with Gasteiger partial charge in [-0.1, -0.05) is 23.4 Å². The van der Waals surface area contributed by atoms with Gasteiger partial charge in [0, 0.05) is 30.5 Å². The highest BCUT2D eigenvalue weighted by Gasteiger charge is 2.19. The molecule has 1 aliphatic rings. The monoisotopic (exact) mass is 414 g/mol. The van der Waals surface area contributed by atoms with E-state index < -0.39 is 0 Å². The van der Waals surface area contributed by atoms with Crippen LogP contribution in [0.3, 0.4) is 0 Å². The zero-order valence-electron chi connectivity index (χ0n) is 16.0. The van der Waals surface area contributed by atoms with E-state index in [0.717, 1.165) is 16.3 Å². The van der Waals surface area contributed by atoms with Crippen molar-refractivity contribution in [3.63, 3.8) is 0 Å².